The topological polar surface area (TPSA) is 21.3 Å². The number of ether oxygens (including phenoxy) is 1. The van der Waals surface area contributed by atoms with E-state index < -0.39 is 0 Å². The second kappa shape index (κ2) is 6.60. The van der Waals surface area contributed by atoms with E-state index >= 15 is 0 Å². The number of rotatable bonds is 8. The molecule has 0 bridgehead atoms. The van der Waals surface area contributed by atoms with Crippen molar-refractivity contribution >= 4 is 22.9 Å². The van der Waals surface area contributed by atoms with Crippen molar-refractivity contribution in [2.24, 2.45) is 5.92 Å². The third kappa shape index (κ3) is 4.83. The zero-order chi connectivity index (χ0) is 11.2. The van der Waals surface area contributed by atoms with E-state index in [0.29, 0.717) is 0 Å². The molecule has 2 nitrogen and oxygen atoms in total. The lowest BCUT2D eigenvalue weighted by atomic mass is 10.4. The van der Waals surface area contributed by atoms with Gasteiger partial charge in [0.15, 0.2) is 0 Å². The van der Waals surface area contributed by atoms with Crippen LogP contribution >= 0.6 is 22.9 Å². The summed E-state index contributed by atoms with van der Waals surface area (Å²) >= 11 is 7.49. The molecule has 2 rings (SSSR count). The Labute approximate surface area is 106 Å². The van der Waals surface area contributed by atoms with E-state index in [2.05, 4.69) is 11.4 Å². The maximum atomic E-state index is 5.85. The summed E-state index contributed by atoms with van der Waals surface area (Å²) in [5, 5.41) is 3.39. The average molecular weight is 260 g/mol. The molecular weight excluding hydrogens is 242 g/mol. The molecule has 16 heavy (non-hydrogen) atoms. The molecule has 1 heterocycles. The second-order valence-electron chi connectivity index (χ2n) is 4.25. The van der Waals surface area contributed by atoms with Crippen molar-refractivity contribution in [1.82, 2.24) is 5.32 Å². The Bertz CT molecular complexity index is 312. The Kier molecular flexibility index (Phi) is 5.10. The van der Waals surface area contributed by atoms with Crippen molar-refractivity contribution in [2.75, 3.05) is 19.8 Å². The van der Waals surface area contributed by atoms with Gasteiger partial charge in [0, 0.05) is 24.6 Å². The lowest BCUT2D eigenvalue weighted by Gasteiger charge is -2.04. The number of nitrogens with one attached hydrogen (secondary N) is 1. The molecule has 1 fully saturated rings. The van der Waals surface area contributed by atoms with Gasteiger partial charge in [-0.05, 0) is 43.9 Å². The number of thiophene rings is 1. The lowest BCUT2D eigenvalue weighted by molar-refractivity contribution is 0.122. The molecule has 1 N–H and O–H groups in total. The smallest absolute Gasteiger partial charge is 0.0931 e. The molecule has 0 saturated heterocycles. The summed E-state index contributed by atoms with van der Waals surface area (Å²) in [6, 6.07) is 4.02. The van der Waals surface area contributed by atoms with Gasteiger partial charge in [0.05, 0.1) is 4.34 Å². The van der Waals surface area contributed by atoms with Gasteiger partial charge < -0.3 is 10.1 Å². The predicted octanol–water partition coefficient (Wildman–Crippen LogP) is 3.31. The minimum Gasteiger partial charge on any atom is -0.381 e. The van der Waals surface area contributed by atoms with E-state index in [4.69, 9.17) is 16.3 Å². The second-order valence-corrected chi connectivity index (χ2v) is 6.05. The predicted molar refractivity (Wildman–Crippen MR) is 69.2 cm³/mol. The van der Waals surface area contributed by atoms with Crippen molar-refractivity contribution in [3.63, 3.8) is 0 Å². The van der Waals surface area contributed by atoms with E-state index in [9.17, 15) is 0 Å². The molecule has 0 radical (unpaired) electrons. The molecule has 1 aliphatic rings. The summed E-state index contributed by atoms with van der Waals surface area (Å²) in [5.74, 6) is 0.876. The molecule has 4 heteroatoms. The average Bonchev–Trinajstić information content (AvgIpc) is 3.00. The molecular formula is C12H18ClNOS. The maximum absolute atomic E-state index is 5.85. The van der Waals surface area contributed by atoms with Gasteiger partial charge in [-0.1, -0.05) is 11.6 Å². The summed E-state index contributed by atoms with van der Waals surface area (Å²) in [7, 11) is 0. The van der Waals surface area contributed by atoms with Crippen LogP contribution < -0.4 is 5.32 Å². The fourth-order valence-electron chi connectivity index (χ4n) is 1.49. The van der Waals surface area contributed by atoms with E-state index in [1.54, 1.807) is 11.3 Å². The molecule has 0 amide bonds. The summed E-state index contributed by atoms with van der Waals surface area (Å²) in [4.78, 5) is 1.30. The molecule has 0 aromatic carbocycles. The number of hydrogen-bond acceptors (Lipinski definition) is 3. The van der Waals surface area contributed by atoms with Crippen LogP contribution in [0.25, 0.3) is 0 Å². The molecule has 0 spiro atoms. The first-order valence-corrected chi connectivity index (χ1v) is 7.07. The van der Waals surface area contributed by atoms with E-state index in [1.807, 2.05) is 6.07 Å². The highest BCUT2D eigenvalue weighted by molar-refractivity contribution is 7.16. The fourth-order valence-corrected chi connectivity index (χ4v) is 2.55. The minimum atomic E-state index is 0.865. The molecule has 90 valence electrons. The first-order chi connectivity index (χ1) is 7.84. The van der Waals surface area contributed by atoms with Crippen LogP contribution in [0.4, 0.5) is 0 Å². The van der Waals surface area contributed by atoms with E-state index in [0.717, 1.165) is 43.0 Å². The molecule has 1 saturated carbocycles. The highest BCUT2D eigenvalue weighted by atomic mass is 35.5. The third-order valence-electron chi connectivity index (χ3n) is 2.62. The molecule has 0 atom stereocenters. The molecule has 1 aromatic heterocycles. The van der Waals surface area contributed by atoms with Crippen LogP contribution in [-0.2, 0) is 11.3 Å². The Balaban J connectivity index is 1.42. The highest BCUT2D eigenvalue weighted by Crippen LogP contribution is 2.28. The van der Waals surface area contributed by atoms with Crippen LogP contribution in [0.1, 0.15) is 24.1 Å². The molecule has 0 aliphatic heterocycles. The van der Waals surface area contributed by atoms with Crippen LogP contribution in [0.5, 0.6) is 0 Å². The van der Waals surface area contributed by atoms with Crippen LogP contribution in [-0.4, -0.2) is 19.8 Å². The quantitative estimate of drug-likeness (QED) is 0.724. The van der Waals surface area contributed by atoms with E-state index in [-0.39, 0.29) is 0 Å². The number of hydrogen-bond donors (Lipinski definition) is 1. The molecule has 1 aromatic rings. The van der Waals surface area contributed by atoms with Gasteiger partial charge in [0.25, 0.3) is 0 Å². The SMILES string of the molecule is Clc1ccc(CNCCCOCC2CC2)s1. The first-order valence-electron chi connectivity index (χ1n) is 5.87. The van der Waals surface area contributed by atoms with Gasteiger partial charge in [-0.2, -0.15) is 0 Å². The van der Waals surface area contributed by atoms with Gasteiger partial charge in [-0.15, -0.1) is 11.3 Å². The van der Waals surface area contributed by atoms with Crippen LogP contribution in [0.2, 0.25) is 4.34 Å². The Morgan fingerprint density at radius 1 is 1.44 bits per heavy atom. The van der Waals surface area contributed by atoms with E-state index in [1.165, 1.54) is 17.7 Å². The van der Waals surface area contributed by atoms with Crippen molar-refractivity contribution < 1.29 is 4.74 Å². The van der Waals surface area contributed by atoms with Gasteiger partial charge >= 0.3 is 0 Å². The zero-order valence-corrected chi connectivity index (χ0v) is 10.9. The summed E-state index contributed by atoms with van der Waals surface area (Å²) in [6.45, 7) is 3.79. The third-order valence-corrected chi connectivity index (χ3v) is 3.85. The van der Waals surface area contributed by atoms with Crippen molar-refractivity contribution in [3.05, 3.63) is 21.3 Å². The summed E-state index contributed by atoms with van der Waals surface area (Å²) < 4.78 is 6.42. The normalized spacial score (nSPS) is 15.6. The molecule has 0 unspecified atom stereocenters. The highest BCUT2D eigenvalue weighted by Gasteiger charge is 2.20. The largest absolute Gasteiger partial charge is 0.381 e. The van der Waals surface area contributed by atoms with Crippen molar-refractivity contribution in [1.29, 1.82) is 0 Å². The van der Waals surface area contributed by atoms with Crippen LogP contribution in [0, 0.1) is 5.92 Å². The monoisotopic (exact) mass is 259 g/mol. The standard InChI is InChI=1S/C12H18ClNOS/c13-12-5-4-11(16-12)8-14-6-1-7-15-9-10-2-3-10/h4-5,10,14H,1-3,6-9H2. The number of halogens is 1. The minimum absolute atomic E-state index is 0.865. The van der Waals surface area contributed by atoms with Gasteiger partial charge in [-0.25, -0.2) is 0 Å². The fraction of sp³-hybridized carbons (Fsp3) is 0.667. The van der Waals surface area contributed by atoms with Crippen molar-refractivity contribution in [3.8, 4) is 0 Å². The lowest BCUT2D eigenvalue weighted by Crippen LogP contribution is -2.15. The molecule has 1 aliphatic carbocycles. The Morgan fingerprint density at radius 2 is 2.31 bits per heavy atom. The van der Waals surface area contributed by atoms with Crippen molar-refractivity contribution in [2.45, 2.75) is 25.8 Å². The Morgan fingerprint density at radius 3 is 3.00 bits per heavy atom. The maximum Gasteiger partial charge on any atom is 0.0931 e. The summed E-state index contributed by atoms with van der Waals surface area (Å²) in [6.07, 6.45) is 3.83. The van der Waals surface area contributed by atoms with Crippen LogP contribution in [0.3, 0.4) is 0 Å². The summed E-state index contributed by atoms with van der Waals surface area (Å²) in [5.41, 5.74) is 0. The van der Waals surface area contributed by atoms with Gasteiger partial charge in [0.1, 0.15) is 0 Å². The zero-order valence-electron chi connectivity index (χ0n) is 9.38. The Hall–Kier alpha value is -0.0900. The first kappa shape index (κ1) is 12.4. The van der Waals surface area contributed by atoms with Gasteiger partial charge in [0.2, 0.25) is 0 Å². The van der Waals surface area contributed by atoms with Gasteiger partial charge in [-0.3, -0.25) is 0 Å². The van der Waals surface area contributed by atoms with Crippen LogP contribution in [0.15, 0.2) is 12.1 Å².